The minimum Gasteiger partial charge on any atom is -0.481 e. The first-order valence-electron chi connectivity index (χ1n) is 6.50. The first-order chi connectivity index (χ1) is 8.27. The van der Waals surface area contributed by atoms with Crippen molar-refractivity contribution in [2.24, 2.45) is 0 Å². The zero-order chi connectivity index (χ0) is 12.8. The highest BCUT2D eigenvalue weighted by atomic mass is 32.2. The van der Waals surface area contributed by atoms with Crippen molar-refractivity contribution >= 4 is 17.7 Å². The highest BCUT2D eigenvalue weighted by molar-refractivity contribution is 8.03. The number of hydrogen-bond acceptors (Lipinski definition) is 3. The third kappa shape index (κ3) is 15.3. The van der Waals surface area contributed by atoms with E-state index in [9.17, 15) is 4.79 Å². The van der Waals surface area contributed by atoms with Crippen LogP contribution in [0.3, 0.4) is 0 Å². The molecule has 0 saturated heterocycles. The molecule has 0 heterocycles. The molecule has 0 aliphatic heterocycles. The number of nitriles is 1. The van der Waals surface area contributed by atoms with Crippen LogP contribution in [0.25, 0.3) is 0 Å². The third-order valence-electron chi connectivity index (χ3n) is 2.70. The van der Waals surface area contributed by atoms with Crippen molar-refractivity contribution in [3.05, 3.63) is 0 Å². The van der Waals surface area contributed by atoms with Gasteiger partial charge in [0.25, 0.3) is 0 Å². The van der Waals surface area contributed by atoms with E-state index in [2.05, 4.69) is 5.40 Å². The van der Waals surface area contributed by atoms with Crippen molar-refractivity contribution in [1.29, 1.82) is 5.26 Å². The lowest BCUT2D eigenvalue weighted by Gasteiger charge is -2.01. The van der Waals surface area contributed by atoms with Crippen LogP contribution in [0, 0.1) is 10.7 Å². The SMILES string of the molecule is N#CSCCCCCCCCCCCC(=O)O. The van der Waals surface area contributed by atoms with Crippen LogP contribution in [0.4, 0.5) is 0 Å². The van der Waals surface area contributed by atoms with Crippen LogP contribution >= 0.6 is 11.8 Å². The summed E-state index contributed by atoms with van der Waals surface area (Å²) in [5, 5.41) is 18.9. The van der Waals surface area contributed by atoms with E-state index in [0.29, 0.717) is 6.42 Å². The highest BCUT2D eigenvalue weighted by Crippen LogP contribution is 2.11. The predicted molar refractivity (Wildman–Crippen MR) is 71.9 cm³/mol. The fourth-order valence-electron chi connectivity index (χ4n) is 1.73. The smallest absolute Gasteiger partial charge is 0.303 e. The Morgan fingerprint density at radius 2 is 1.41 bits per heavy atom. The number of unbranched alkanes of at least 4 members (excludes halogenated alkanes) is 8. The van der Waals surface area contributed by atoms with Gasteiger partial charge in [0.1, 0.15) is 5.40 Å². The molecule has 3 nitrogen and oxygen atoms in total. The molecule has 0 spiro atoms. The molecule has 1 N–H and O–H groups in total. The summed E-state index contributed by atoms with van der Waals surface area (Å²) in [7, 11) is 0. The fourth-order valence-corrected chi connectivity index (χ4v) is 2.17. The molecule has 0 aromatic carbocycles. The molecule has 0 aliphatic rings. The summed E-state index contributed by atoms with van der Waals surface area (Å²) in [5.41, 5.74) is 0. The molecule has 0 aromatic rings. The van der Waals surface area contributed by atoms with E-state index >= 15 is 0 Å². The highest BCUT2D eigenvalue weighted by Gasteiger charge is 1.96. The van der Waals surface area contributed by atoms with Gasteiger partial charge in [0.05, 0.1) is 0 Å². The lowest BCUT2D eigenvalue weighted by atomic mass is 10.1. The topological polar surface area (TPSA) is 61.1 Å². The Labute approximate surface area is 109 Å². The van der Waals surface area contributed by atoms with E-state index in [1.54, 1.807) is 0 Å². The van der Waals surface area contributed by atoms with Gasteiger partial charge >= 0.3 is 5.97 Å². The van der Waals surface area contributed by atoms with Gasteiger partial charge in [0.15, 0.2) is 0 Å². The monoisotopic (exact) mass is 257 g/mol. The quantitative estimate of drug-likeness (QED) is 0.421. The Morgan fingerprint density at radius 3 is 1.88 bits per heavy atom. The maximum Gasteiger partial charge on any atom is 0.303 e. The molecule has 4 heteroatoms. The summed E-state index contributed by atoms with van der Waals surface area (Å²) < 4.78 is 0. The van der Waals surface area contributed by atoms with Gasteiger partial charge in [-0.25, -0.2) is 0 Å². The second kappa shape index (κ2) is 13.4. The Bertz CT molecular complexity index is 226. The Kier molecular flexibility index (Phi) is 12.8. The summed E-state index contributed by atoms with van der Waals surface area (Å²) in [6.07, 6.45) is 10.8. The minimum absolute atomic E-state index is 0.316. The number of aliphatic carboxylic acids is 1. The van der Waals surface area contributed by atoms with Gasteiger partial charge in [0.2, 0.25) is 0 Å². The van der Waals surface area contributed by atoms with Crippen LogP contribution in [0.1, 0.15) is 64.2 Å². The zero-order valence-corrected chi connectivity index (χ0v) is 11.3. The normalized spacial score (nSPS) is 10.1. The van der Waals surface area contributed by atoms with E-state index in [1.807, 2.05) is 0 Å². The molecular weight excluding hydrogens is 234 g/mol. The number of thioether (sulfide) groups is 1. The standard InChI is InChI=1S/C13H23NO2S/c14-12-17-11-9-7-5-3-1-2-4-6-8-10-13(15)16/h1-11H2,(H,15,16). The molecule has 0 atom stereocenters. The molecule has 98 valence electrons. The van der Waals surface area contributed by atoms with Gasteiger partial charge in [-0.3, -0.25) is 4.79 Å². The first kappa shape index (κ1) is 16.3. The molecule has 0 saturated carbocycles. The van der Waals surface area contributed by atoms with Crippen molar-refractivity contribution in [1.82, 2.24) is 0 Å². The maximum atomic E-state index is 10.3. The zero-order valence-electron chi connectivity index (χ0n) is 10.5. The van der Waals surface area contributed by atoms with Crippen LogP contribution in [0.5, 0.6) is 0 Å². The molecule has 0 fully saturated rings. The van der Waals surface area contributed by atoms with Crippen LogP contribution < -0.4 is 0 Å². The lowest BCUT2D eigenvalue weighted by molar-refractivity contribution is -0.137. The second-order valence-electron chi connectivity index (χ2n) is 4.27. The van der Waals surface area contributed by atoms with Gasteiger partial charge in [0, 0.05) is 12.2 Å². The van der Waals surface area contributed by atoms with E-state index in [1.165, 1.54) is 43.9 Å². The number of carbonyl (C=O) groups is 1. The van der Waals surface area contributed by atoms with Gasteiger partial charge in [-0.15, -0.1) is 0 Å². The van der Waals surface area contributed by atoms with Crippen molar-refractivity contribution < 1.29 is 9.90 Å². The molecule has 0 amide bonds. The number of thiocyanates is 1. The molecule has 0 rings (SSSR count). The minimum atomic E-state index is -0.680. The number of nitrogens with zero attached hydrogens (tertiary/aromatic N) is 1. The molecule has 17 heavy (non-hydrogen) atoms. The van der Waals surface area contributed by atoms with Crippen LogP contribution in [0.2, 0.25) is 0 Å². The fraction of sp³-hybridized carbons (Fsp3) is 0.846. The summed E-state index contributed by atoms with van der Waals surface area (Å²) in [6.45, 7) is 0. The van der Waals surface area contributed by atoms with Gasteiger partial charge in [-0.05, 0) is 24.6 Å². The van der Waals surface area contributed by atoms with E-state index in [4.69, 9.17) is 10.4 Å². The predicted octanol–water partition coefficient (Wildman–Crippen LogP) is 4.19. The number of carboxylic acids is 1. The van der Waals surface area contributed by atoms with Crippen molar-refractivity contribution in [2.75, 3.05) is 5.75 Å². The Hall–Kier alpha value is -0.690. The molecule has 0 bridgehead atoms. The van der Waals surface area contributed by atoms with Gasteiger partial charge in [-0.2, -0.15) is 5.26 Å². The molecular formula is C13H23NO2S. The Balaban J connectivity index is 2.94. The lowest BCUT2D eigenvalue weighted by Crippen LogP contribution is -1.93. The summed E-state index contributed by atoms with van der Waals surface area (Å²) in [5.74, 6) is 0.284. The van der Waals surface area contributed by atoms with Gasteiger partial charge < -0.3 is 5.11 Å². The van der Waals surface area contributed by atoms with Gasteiger partial charge in [-0.1, -0.05) is 44.9 Å². The average molecular weight is 257 g/mol. The first-order valence-corrected chi connectivity index (χ1v) is 7.48. The molecule has 0 aromatic heterocycles. The number of hydrogen-bond donors (Lipinski definition) is 1. The summed E-state index contributed by atoms with van der Waals surface area (Å²) >= 11 is 1.35. The molecule has 0 aliphatic carbocycles. The largest absolute Gasteiger partial charge is 0.481 e. The Morgan fingerprint density at radius 1 is 0.941 bits per heavy atom. The second-order valence-corrected chi connectivity index (χ2v) is 5.14. The van der Waals surface area contributed by atoms with Crippen LogP contribution in [-0.4, -0.2) is 16.8 Å². The summed E-state index contributed by atoms with van der Waals surface area (Å²) in [6, 6.07) is 0. The van der Waals surface area contributed by atoms with Crippen molar-refractivity contribution in [3.63, 3.8) is 0 Å². The maximum absolute atomic E-state index is 10.3. The summed E-state index contributed by atoms with van der Waals surface area (Å²) in [4.78, 5) is 10.3. The van der Waals surface area contributed by atoms with Crippen molar-refractivity contribution in [2.45, 2.75) is 64.2 Å². The van der Waals surface area contributed by atoms with Crippen molar-refractivity contribution in [3.8, 4) is 5.40 Å². The molecule has 0 unspecified atom stereocenters. The van der Waals surface area contributed by atoms with E-state index in [0.717, 1.165) is 31.4 Å². The average Bonchev–Trinajstić information content (AvgIpc) is 2.30. The third-order valence-corrected chi connectivity index (χ3v) is 3.32. The number of rotatable bonds is 12. The van der Waals surface area contributed by atoms with Crippen LogP contribution in [-0.2, 0) is 4.79 Å². The van der Waals surface area contributed by atoms with E-state index < -0.39 is 5.97 Å². The van der Waals surface area contributed by atoms with E-state index in [-0.39, 0.29) is 0 Å². The molecule has 0 radical (unpaired) electrons. The van der Waals surface area contributed by atoms with Crippen LogP contribution in [0.15, 0.2) is 0 Å². The number of carboxylic acid groups (broad SMARTS) is 1.